The van der Waals surface area contributed by atoms with Crippen molar-refractivity contribution >= 4 is 11.8 Å². The molecule has 5 nitrogen and oxygen atoms in total. The number of methoxy groups -OCH3 is 2. The molecule has 148 valence electrons. The largest absolute Gasteiger partial charge is 0.497 e. The molecule has 0 aliphatic carbocycles. The maximum Gasteiger partial charge on any atom is 0.416 e. The summed E-state index contributed by atoms with van der Waals surface area (Å²) in [4.78, 5) is 0. The van der Waals surface area contributed by atoms with Crippen molar-refractivity contribution < 1.29 is 22.6 Å². The van der Waals surface area contributed by atoms with Crippen molar-refractivity contribution in [3.05, 3.63) is 65.5 Å². The lowest BCUT2D eigenvalue weighted by molar-refractivity contribution is -0.138. The summed E-state index contributed by atoms with van der Waals surface area (Å²) in [5, 5.41) is 8.75. The van der Waals surface area contributed by atoms with Crippen LogP contribution in [0.15, 0.2) is 53.7 Å². The van der Waals surface area contributed by atoms with Crippen LogP contribution in [0.3, 0.4) is 0 Å². The molecule has 3 rings (SSSR count). The van der Waals surface area contributed by atoms with Crippen molar-refractivity contribution in [1.82, 2.24) is 14.8 Å². The van der Waals surface area contributed by atoms with Crippen molar-refractivity contribution in [1.29, 1.82) is 0 Å². The number of halogens is 3. The summed E-state index contributed by atoms with van der Waals surface area (Å²) in [6.45, 7) is 0.221. The number of thioether (sulfide) groups is 1. The molecule has 3 aromatic rings. The Morgan fingerprint density at radius 3 is 2.36 bits per heavy atom. The number of alkyl halides is 3. The Bertz CT molecular complexity index is 927. The molecule has 9 heteroatoms. The zero-order valence-electron chi connectivity index (χ0n) is 15.2. The second kappa shape index (κ2) is 8.66. The highest BCUT2D eigenvalue weighted by Gasteiger charge is 2.33. The fraction of sp³-hybridized carbons (Fsp3) is 0.263. The van der Waals surface area contributed by atoms with E-state index < -0.39 is 11.7 Å². The third-order valence-electron chi connectivity index (χ3n) is 3.98. The minimum atomic E-state index is -4.40. The number of ether oxygens (including phenoxy) is 2. The number of rotatable bonds is 7. The summed E-state index contributed by atoms with van der Waals surface area (Å²) in [7, 11) is 3.11. The molecule has 0 atom stereocenters. The Labute approximate surface area is 164 Å². The minimum Gasteiger partial charge on any atom is -0.497 e. The van der Waals surface area contributed by atoms with Crippen LogP contribution in [0.25, 0.3) is 5.69 Å². The summed E-state index contributed by atoms with van der Waals surface area (Å²) in [6, 6.07) is 12.8. The second-order valence-corrected chi connectivity index (χ2v) is 6.75. The third kappa shape index (κ3) is 4.48. The van der Waals surface area contributed by atoms with Gasteiger partial charge in [-0.25, -0.2) is 0 Å². The van der Waals surface area contributed by atoms with E-state index in [2.05, 4.69) is 10.2 Å². The molecular weight excluding hydrogens is 391 g/mol. The minimum absolute atomic E-state index is 0.108. The van der Waals surface area contributed by atoms with E-state index >= 15 is 0 Å². The van der Waals surface area contributed by atoms with Gasteiger partial charge in [0.1, 0.15) is 12.4 Å². The van der Waals surface area contributed by atoms with Crippen LogP contribution in [-0.4, -0.2) is 29.0 Å². The van der Waals surface area contributed by atoms with Crippen molar-refractivity contribution in [2.24, 2.45) is 0 Å². The third-order valence-corrected chi connectivity index (χ3v) is 4.96. The van der Waals surface area contributed by atoms with Gasteiger partial charge in [0.05, 0.1) is 12.7 Å². The van der Waals surface area contributed by atoms with Crippen LogP contribution >= 0.6 is 11.8 Å². The highest BCUT2D eigenvalue weighted by molar-refractivity contribution is 7.98. The first-order valence-electron chi connectivity index (χ1n) is 8.29. The fourth-order valence-corrected chi connectivity index (χ4v) is 3.65. The van der Waals surface area contributed by atoms with Gasteiger partial charge in [-0.1, -0.05) is 30.0 Å². The number of hydrogen-bond acceptors (Lipinski definition) is 5. The Morgan fingerprint density at radius 2 is 1.71 bits per heavy atom. The van der Waals surface area contributed by atoms with Crippen LogP contribution in [0.2, 0.25) is 0 Å². The lowest BCUT2D eigenvalue weighted by Gasteiger charge is -2.13. The summed E-state index contributed by atoms with van der Waals surface area (Å²) in [5.41, 5.74) is 0.317. The van der Waals surface area contributed by atoms with Gasteiger partial charge in [0, 0.05) is 18.6 Å². The van der Waals surface area contributed by atoms with E-state index in [4.69, 9.17) is 9.47 Å². The van der Waals surface area contributed by atoms with Gasteiger partial charge < -0.3 is 9.47 Å². The molecule has 28 heavy (non-hydrogen) atoms. The van der Waals surface area contributed by atoms with Crippen LogP contribution in [-0.2, 0) is 23.3 Å². The number of benzene rings is 2. The first-order chi connectivity index (χ1) is 13.4. The van der Waals surface area contributed by atoms with Crippen LogP contribution in [0.4, 0.5) is 13.2 Å². The van der Waals surface area contributed by atoms with Gasteiger partial charge in [0.15, 0.2) is 11.0 Å². The normalized spacial score (nSPS) is 11.6. The van der Waals surface area contributed by atoms with Gasteiger partial charge in [-0.3, -0.25) is 4.57 Å². The highest BCUT2D eigenvalue weighted by Crippen LogP contribution is 2.35. The van der Waals surface area contributed by atoms with Gasteiger partial charge in [0.2, 0.25) is 0 Å². The Morgan fingerprint density at radius 1 is 1.00 bits per heavy atom. The standard InChI is InChI=1S/C19H18F3N3O2S/c1-26-11-17-23-24-18(25(17)14-7-9-15(27-2)10-8-14)28-12-13-5-3-4-6-16(13)19(20,21)22/h3-10H,11-12H2,1-2H3. The predicted molar refractivity (Wildman–Crippen MR) is 99.6 cm³/mol. The first kappa shape index (κ1) is 20.2. The molecule has 2 aromatic carbocycles. The van der Waals surface area contributed by atoms with Gasteiger partial charge in [-0.15, -0.1) is 10.2 Å². The number of aromatic nitrogens is 3. The Kier molecular flexibility index (Phi) is 6.25. The van der Waals surface area contributed by atoms with Gasteiger partial charge in [-0.05, 0) is 35.9 Å². The topological polar surface area (TPSA) is 49.2 Å². The lowest BCUT2D eigenvalue weighted by atomic mass is 10.1. The summed E-state index contributed by atoms with van der Waals surface area (Å²) >= 11 is 1.18. The van der Waals surface area contributed by atoms with E-state index in [1.54, 1.807) is 37.0 Å². The Balaban J connectivity index is 1.91. The van der Waals surface area contributed by atoms with E-state index in [-0.39, 0.29) is 17.9 Å². The lowest BCUT2D eigenvalue weighted by Crippen LogP contribution is -2.08. The van der Waals surface area contributed by atoms with Crippen molar-refractivity contribution in [2.45, 2.75) is 23.7 Å². The molecule has 0 fully saturated rings. The average molecular weight is 409 g/mol. The van der Waals surface area contributed by atoms with Crippen LogP contribution in [0.1, 0.15) is 17.0 Å². The van der Waals surface area contributed by atoms with E-state index in [1.165, 1.54) is 23.9 Å². The summed E-state index contributed by atoms with van der Waals surface area (Å²) < 4.78 is 51.8. The van der Waals surface area contributed by atoms with Crippen LogP contribution < -0.4 is 4.74 Å². The van der Waals surface area contributed by atoms with E-state index in [9.17, 15) is 13.2 Å². The van der Waals surface area contributed by atoms with E-state index in [0.717, 1.165) is 11.8 Å². The summed E-state index contributed by atoms with van der Waals surface area (Å²) in [6.07, 6.45) is -4.40. The van der Waals surface area contributed by atoms with Gasteiger partial charge in [-0.2, -0.15) is 13.2 Å². The molecule has 0 bridgehead atoms. The molecular formula is C19H18F3N3O2S. The molecule has 1 heterocycles. The second-order valence-electron chi connectivity index (χ2n) is 5.81. The maximum atomic E-state index is 13.2. The van der Waals surface area contributed by atoms with Gasteiger partial charge in [0.25, 0.3) is 0 Å². The Hall–Kier alpha value is -2.52. The monoisotopic (exact) mass is 409 g/mol. The molecule has 0 unspecified atom stereocenters. The van der Waals surface area contributed by atoms with Crippen molar-refractivity contribution in [2.75, 3.05) is 14.2 Å². The fourth-order valence-electron chi connectivity index (χ4n) is 2.67. The molecule has 0 N–H and O–H groups in total. The molecule has 0 saturated carbocycles. The molecule has 0 spiro atoms. The van der Waals surface area contributed by atoms with E-state index in [1.807, 2.05) is 12.1 Å². The molecule has 0 radical (unpaired) electrons. The molecule has 0 aliphatic rings. The molecule has 0 aliphatic heterocycles. The molecule has 0 saturated heterocycles. The molecule has 0 amide bonds. The number of hydrogen-bond donors (Lipinski definition) is 0. The molecule has 1 aromatic heterocycles. The van der Waals surface area contributed by atoms with E-state index in [0.29, 0.717) is 16.7 Å². The quantitative estimate of drug-likeness (QED) is 0.528. The average Bonchev–Trinajstić information content (AvgIpc) is 3.09. The zero-order chi connectivity index (χ0) is 20.1. The smallest absolute Gasteiger partial charge is 0.416 e. The van der Waals surface area contributed by atoms with Crippen molar-refractivity contribution in [3.8, 4) is 11.4 Å². The SMILES string of the molecule is COCc1nnc(SCc2ccccc2C(F)(F)F)n1-c1ccc(OC)cc1. The maximum absolute atomic E-state index is 13.2. The number of nitrogens with zero attached hydrogens (tertiary/aromatic N) is 3. The van der Waals surface area contributed by atoms with Crippen LogP contribution in [0.5, 0.6) is 5.75 Å². The zero-order valence-corrected chi connectivity index (χ0v) is 16.0. The van der Waals surface area contributed by atoms with Crippen molar-refractivity contribution in [3.63, 3.8) is 0 Å². The van der Waals surface area contributed by atoms with Gasteiger partial charge >= 0.3 is 6.18 Å². The highest BCUT2D eigenvalue weighted by atomic mass is 32.2. The van der Waals surface area contributed by atoms with Crippen LogP contribution in [0, 0.1) is 0 Å². The predicted octanol–water partition coefficient (Wildman–Crippen LogP) is 4.73. The first-order valence-corrected chi connectivity index (χ1v) is 9.28. The summed E-state index contributed by atoms with van der Waals surface area (Å²) in [5.74, 6) is 1.36.